The smallest absolute Gasteiger partial charge is 0.253 e. The van der Waals surface area contributed by atoms with Crippen LogP contribution in [0.15, 0.2) is 65.6 Å². The first kappa shape index (κ1) is 36.1. The maximum Gasteiger partial charge on any atom is 0.253 e. The number of carbonyl (C=O) groups excluding carboxylic acids is 2. The summed E-state index contributed by atoms with van der Waals surface area (Å²) in [6, 6.07) is 12.5. The van der Waals surface area contributed by atoms with Crippen LogP contribution in [0.1, 0.15) is 64.1 Å². The summed E-state index contributed by atoms with van der Waals surface area (Å²) in [5, 5.41) is 17.6. The van der Waals surface area contributed by atoms with Crippen molar-refractivity contribution in [3.8, 4) is 0 Å². The van der Waals surface area contributed by atoms with Crippen LogP contribution in [0.3, 0.4) is 0 Å². The number of halogens is 2. The molecule has 3 aromatic carbocycles. The van der Waals surface area contributed by atoms with Gasteiger partial charge < -0.3 is 20.6 Å². The minimum absolute atomic E-state index is 0.102. The summed E-state index contributed by atoms with van der Waals surface area (Å²) in [6.07, 6.45) is 0.0491. The molecule has 1 saturated heterocycles. The molecular weight excluding hydrogens is 626 g/mol. The van der Waals surface area contributed by atoms with E-state index in [-0.39, 0.29) is 48.0 Å². The number of sulfonamides is 1. The number of piperazine rings is 1. The van der Waals surface area contributed by atoms with Gasteiger partial charge in [-0.3, -0.25) is 9.59 Å². The maximum absolute atomic E-state index is 14.2. The Morgan fingerprint density at radius 1 is 0.979 bits per heavy atom. The zero-order valence-electron chi connectivity index (χ0n) is 27.3. The van der Waals surface area contributed by atoms with Crippen molar-refractivity contribution in [3.63, 3.8) is 0 Å². The Kier molecular flexibility index (Phi) is 12.2. The molecule has 1 aliphatic rings. The van der Waals surface area contributed by atoms with E-state index in [0.717, 1.165) is 36.6 Å². The monoisotopic (exact) mass is 670 g/mol. The van der Waals surface area contributed by atoms with Crippen molar-refractivity contribution >= 4 is 21.8 Å². The van der Waals surface area contributed by atoms with Gasteiger partial charge >= 0.3 is 0 Å². The van der Waals surface area contributed by atoms with Gasteiger partial charge in [0.1, 0.15) is 11.6 Å². The largest absolute Gasteiger partial charge is 0.389 e. The first-order valence-electron chi connectivity index (χ1n) is 16.0. The highest BCUT2D eigenvalue weighted by Crippen LogP contribution is 2.22. The quantitative estimate of drug-likeness (QED) is 0.251. The van der Waals surface area contributed by atoms with Crippen LogP contribution in [0.25, 0.3) is 0 Å². The Morgan fingerprint density at radius 2 is 1.64 bits per heavy atom. The highest BCUT2D eigenvalue weighted by atomic mass is 32.2. The van der Waals surface area contributed by atoms with Crippen LogP contribution < -0.4 is 10.6 Å². The molecule has 0 aliphatic carbocycles. The van der Waals surface area contributed by atoms with Crippen LogP contribution in [0.4, 0.5) is 8.78 Å². The Balaban J connectivity index is 1.62. The van der Waals surface area contributed by atoms with E-state index in [9.17, 15) is 31.9 Å². The molecule has 3 atom stereocenters. The Labute approximate surface area is 276 Å². The lowest BCUT2D eigenvalue weighted by Crippen LogP contribution is -2.62. The van der Waals surface area contributed by atoms with E-state index in [4.69, 9.17) is 0 Å². The van der Waals surface area contributed by atoms with E-state index >= 15 is 0 Å². The molecule has 0 spiro atoms. The van der Waals surface area contributed by atoms with Crippen molar-refractivity contribution in [3.05, 3.63) is 100 Å². The Bertz CT molecular complexity index is 1660. The number of carbonyl (C=O) groups is 2. The molecule has 0 radical (unpaired) electrons. The van der Waals surface area contributed by atoms with Gasteiger partial charge in [0, 0.05) is 56.0 Å². The molecule has 1 fully saturated rings. The van der Waals surface area contributed by atoms with E-state index in [2.05, 4.69) is 10.6 Å². The molecule has 254 valence electrons. The fourth-order valence-corrected chi connectivity index (χ4v) is 7.54. The number of aliphatic hydroxyl groups is 1. The molecule has 3 aromatic rings. The summed E-state index contributed by atoms with van der Waals surface area (Å²) in [4.78, 5) is 29.0. The normalized spacial score (nSPS) is 16.8. The molecule has 9 nitrogen and oxygen atoms in total. The number of nitrogens with zero attached hydrogens (tertiary/aromatic N) is 2. The van der Waals surface area contributed by atoms with Gasteiger partial charge in [0.15, 0.2) is 0 Å². The number of aryl methyl sites for hydroxylation is 2. The molecule has 0 aromatic heterocycles. The standard InChI is InChI=1S/C35H44F2N4O5S/c1-5-11-40(12-6-2)35(44)27-15-24(4)14-26(20-27)34(43)39-31(19-25-17-28(36)21-29(37)18-25)33(42)32-22-41(13-10-38-32)47(45,46)30-9-7-8-23(3)16-30/h7-9,14-18,20-21,31-33,38,42H,5-6,10-13,19,22H2,1-4H3,(H,39,43)/t31-,32+,33-/m0/s1. The van der Waals surface area contributed by atoms with Crippen molar-refractivity contribution in [1.82, 2.24) is 19.8 Å². The van der Waals surface area contributed by atoms with Crippen LogP contribution in [0, 0.1) is 25.5 Å². The van der Waals surface area contributed by atoms with Gasteiger partial charge in [-0.05, 0) is 92.3 Å². The number of nitrogens with one attached hydrogen (secondary N) is 2. The SMILES string of the molecule is CCCN(CCC)C(=O)c1cc(C)cc(C(=O)N[C@@H](Cc2cc(F)cc(F)c2)[C@H](O)[C@H]2CN(S(=O)(=O)c3cccc(C)c3)CCN2)c1. The van der Waals surface area contributed by atoms with Gasteiger partial charge in [0.25, 0.3) is 11.8 Å². The first-order valence-corrected chi connectivity index (χ1v) is 17.4. The van der Waals surface area contributed by atoms with Crippen molar-refractivity contribution < 1.29 is 31.9 Å². The molecule has 47 heavy (non-hydrogen) atoms. The topological polar surface area (TPSA) is 119 Å². The van der Waals surface area contributed by atoms with Gasteiger partial charge in [-0.15, -0.1) is 0 Å². The van der Waals surface area contributed by atoms with Crippen molar-refractivity contribution in [2.45, 2.75) is 70.0 Å². The Hall–Kier alpha value is -3.71. The van der Waals surface area contributed by atoms with Crippen LogP contribution in [0.5, 0.6) is 0 Å². The van der Waals surface area contributed by atoms with E-state index in [0.29, 0.717) is 24.2 Å². The third-order valence-corrected chi connectivity index (χ3v) is 10.0. The lowest BCUT2D eigenvalue weighted by molar-refractivity contribution is 0.0600. The van der Waals surface area contributed by atoms with Crippen LogP contribution >= 0.6 is 0 Å². The molecule has 1 aliphatic heterocycles. The minimum Gasteiger partial charge on any atom is -0.389 e. The second-order valence-corrected chi connectivity index (χ2v) is 14.1. The summed E-state index contributed by atoms with van der Waals surface area (Å²) in [5.74, 6) is -2.41. The summed E-state index contributed by atoms with van der Waals surface area (Å²) in [6.45, 7) is 8.99. The highest BCUT2D eigenvalue weighted by Gasteiger charge is 2.37. The molecule has 1 heterocycles. The average Bonchev–Trinajstić information content (AvgIpc) is 3.03. The number of aliphatic hydroxyl groups excluding tert-OH is 1. The maximum atomic E-state index is 14.2. The van der Waals surface area contributed by atoms with Crippen molar-refractivity contribution in [2.75, 3.05) is 32.7 Å². The molecule has 4 rings (SSSR count). The van der Waals surface area contributed by atoms with Gasteiger partial charge in [0.2, 0.25) is 10.0 Å². The van der Waals surface area contributed by atoms with E-state index in [1.807, 2.05) is 13.8 Å². The fraction of sp³-hybridized carbons (Fsp3) is 0.429. The number of hydrogen-bond donors (Lipinski definition) is 3. The molecule has 2 amide bonds. The molecule has 0 bridgehead atoms. The molecule has 0 saturated carbocycles. The van der Waals surface area contributed by atoms with Crippen LogP contribution in [0.2, 0.25) is 0 Å². The van der Waals surface area contributed by atoms with Crippen LogP contribution in [-0.4, -0.2) is 85.5 Å². The number of benzene rings is 3. The molecule has 3 N–H and O–H groups in total. The van der Waals surface area contributed by atoms with Gasteiger partial charge in [0.05, 0.1) is 17.0 Å². The summed E-state index contributed by atoms with van der Waals surface area (Å²) in [7, 11) is -3.89. The number of hydrogen-bond acceptors (Lipinski definition) is 6. The van der Waals surface area contributed by atoms with Crippen LogP contribution in [-0.2, 0) is 16.4 Å². The number of rotatable bonds is 13. The summed E-state index contributed by atoms with van der Waals surface area (Å²) >= 11 is 0. The zero-order valence-corrected chi connectivity index (χ0v) is 28.1. The molecular formula is C35H44F2N4O5S. The molecule has 0 unspecified atom stereocenters. The Morgan fingerprint density at radius 3 is 2.28 bits per heavy atom. The van der Waals surface area contributed by atoms with E-state index in [1.165, 1.54) is 16.4 Å². The molecule has 12 heteroatoms. The first-order chi connectivity index (χ1) is 22.3. The predicted molar refractivity (Wildman–Crippen MR) is 177 cm³/mol. The van der Waals surface area contributed by atoms with Crippen molar-refractivity contribution in [2.24, 2.45) is 0 Å². The van der Waals surface area contributed by atoms with Crippen molar-refractivity contribution in [1.29, 1.82) is 0 Å². The third-order valence-electron chi connectivity index (χ3n) is 8.18. The minimum atomic E-state index is -3.89. The summed E-state index contributed by atoms with van der Waals surface area (Å²) in [5.41, 5.74) is 2.20. The lowest BCUT2D eigenvalue weighted by atomic mass is 9.94. The second kappa shape index (κ2) is 15.9. The predicted octanol–water partition coefficient (Wildman–Crippen LogP) is 4.21. The van der Waals surface area contributed by atoms with E-state index < -0.39 is 45.8 Å². The second-order valence-electron chi connectivity index (χ2n) is 12.2. The average molecular weight is 671 g/mol. The van der Waals surface area contributed by atoms with Gasteiger partial charge in [-0.2, -0.15) is 4.31 Å². The zero-order chi connectivity index (χ0) is 34.3. The number of amides is 2. The highest BCUT2D eigenvalue weighted by molar-refractivity contribution is 7.89. The van der Waals surface area contributed by atoms with Gasteiger partial charge in [-0.25, -0.2) is 17.2 Å². The lowest BCUT2D eigenvalue weighted by Gasteiger charge is -2.38. The summed E-state index contributed by atoms with van der Waals surface area (Å²) < 4.78 is 56.6. The fourth-order valence-electron chi connectivity index (χ4n) is 5.97. The van der Waals surface area contributed by atoms with Gasteiger partial charge in [-0.1, -0.05) is 26.0 Å². The third kappa shape index (κ3) is 9.22. The van der Waals surface area contributed by atoms with E-state index in [1.54, 1.807) is 49.1 Å².